The van der Waals surface area contributed by atoms with Gasteiger partial charge in [-0.25, -0.2) is 0 Å². The summed E-state index contributed by atoms with van der Waals surface area (Å²) in [6, 6.07) is 6.79. The summed E-state index contributed by atoms with van der Waals surface area (Å²) >= 11 is 0. The van der Waals surface area contributed by atoms with Crippen LogP contribution in [-0.2, 0) is 6.42 Å². The van der Waals surface area contributed by atoms with Crippen molar-refractivity contribution in [2.45, 2.75) is 45.1 Å². The highest BCUT2D eigenvalue weighted by atomic mass is 32.2. The van der Waals surface area contributed by atoms with Crippen LogP contribution in [0.25, 0.3) is 10.1 Å². The fourth-order valence-corrected chi connectivity index (χ4v) is 5.38. The zero-order chi connectivity index (χ0) is 17.4. The molecule has 132 valence electrons. The Bertz CT molecular complexity index is 833. The zero-order valence-electron chi connectivity index (χ0n) is 15.1. The number of fused-ring (bicyclic) bond motifs is 1. The molecule has 2 fully saturated rings. The fraction of sp³-hybridized carbons (Fsp3) is 0.524. The van der Waals surface area contributed by atoms with E-state index >= 15 is 0 Å². The Hall–Kier alpha value is -1.54. The van der Waals surface area contributed by atoms with Crippen LogP contribution >= 0.6 is 10.8 Å². The monoisotopic (exact) mass is 354 g/mol. The molecule has 1 unspecified atom stereocenters. The van der Waals surface area contributed by atoms with Gasteiger partial charge >= 0.3 is 0 Å². The highest BCUT2D eigenvalue weighted by Crippen LogP contribution is 2.45. The van der Waals surface area contributed by atoms with Gasteiger partial charge in [-0.3, -0.25) is 0 Å². The lowest BCUT2D eigenvalue weighted by molar-refractivity contribution is 0.264. The molecule has 0 bridgehead atoms. The number of benzene rings is 1. The van der Waals surface area contributed by atoms with E-state index in [9.17, 15) is 4.55 Å². The lowest BCUT2D eigenvalue weighted by atomic mass is 10.0. The summed E-state index contributed by atoms with van der Waals surface area (Å²) in [5, 5.41) is 4.86. The van der Waals surface area contributed by atoms with Gasteiger partial charge in [0, 0.05) is 17.0 Å². The van der Waals surface area contributed by atoms with Crippen molar-refractivity contribution < 1.29 is 4.55 Å². The van der Waals surface area contributed by atoms with Crippen LogP contribution in [0.5, 0.6) is 0 Å². The third-order valence-electron chi connectivity index (χ3n) is 5.49. The van der Waals surface area contributed by atoms with E-state index in [0.717, 1.165) is 53.5 Å². The maximum absolute atomic E-state index is 13.2. The van der Waals surface area contributed by atoms with E-state index in [-0.39, 0.29) is 0 Å². The predicted molar refractivity (Wildman–Crippen MR) is 106 cm³/mol. The van der Waals surface area contributed by atoms with E-state index in [1.54, 1.807) is 0 Å². The van der Waals surface area contributed by atoms with Crippen molar-refractivity contribution in [3.63, 3.8) is 0 Å². The minimum Gasteiger partial charge on any atom is -0.589 e. The van der Waals surface area contributed by atoms with Crippen molar-refractivity contribution >= 4 is 26.5 Å². The number of anilines is 1. The van der Waals surface area contributed by atoms with E-state index in [4.69, 9.17) is 0 Å². The van der Waals surface area contributed by atoms with Gasteiger partial charge in [0.05, 0.1) is 5.69 Å². The molecule has 25 heavy (non-hydrogen) atoms. The summed E-state index contributed by atoms with van der Waals surface area (Å²) in [6.07, 6.45) is 5.89. The summed E-state index contributed by atoms with van der Waals surface area (Å²) in [5.41, 5.74) is 2.28. The molecule has 1 aliphatic carbocycles. The largest absolute Gasteiger partial charge is 0.589 e. The van der Waals surface area contributed by atoms with E-state index in [1.165, 1.54) is 23.8 Å². The normalized spacial score (nSPS) is 19.7. The average Bonchev–Trinajstić information content (AvgIpc) is 3.39. The second kappa shape index (κ2) is 6.99. The first-order valence-electron chi connectivity index (χ1n) is 9.33. The first kappa shape index (κ1) is 16.9. The Labute approximate surface area is 153 Å². The topological polar surface area (TPSA) is 38.3 Å². The standard InChI is InChI=1S/C21H26N2OS/c1-3-5-20-18(14-15-8-9-15)17-6-4-7-19(21(17)25(20)24)22-16-10-12-23(2)13-11-16/h4,6-7,15-16,22H,8-14H2,1-2H3. The third kappa shape index (κ3) is 3.42. The molecule has 1 aromatic carbocycles. The molecule has 1 saturated heterocycles. The number of thiophene rings is 1. The van der Waals surface area contributed by atoms with Gasteiger partial charge in [-0.15, -0.1) is 0 Å². The first-order chi connectivity index (χ1) is 12.2. The number of piperidine rings is 1. The highest BCUT2D eigenvalue weighted by molar-refractivity contribution is 7.32. The van der Waals surface area contributed by atoms with Crippen molar-refractivity contribution in [2.75, 3.05) is 25.5 Å². The summed E-state index contributed by atoms with van der Waals surface area (Å²) < 4.78 is 14.2. The molecular formula is C21H26N2OS. The minimum absolute atomic E-state index is 0.466. The Morgan fingerprint density at radius 2 is 2.00 bits per heavy atom. The lowest BCUT2D eigenvalue weighted by Crippen LogP contribution is -2.36. The van der Waals surface area contributed by atoms with Crippen LogP contribution in [0.1, 0.15) is 43.0 Å². The van der Waals surface area contributed by atoms with E-state index < -0.39 is 10.8 Å². The van der Waals surface area contributed by atoms with E-state index in [0.29, 0.717) is 6.04 Å². The number of hydrogen-bond acceptors (Lipinski definition) is 3. The average molecular weight is 355 g/mol. The molecular weight excluding hydrogens is 328 g/mol. The number of hydrogen-bond donors (Lipinski definition) is 1. The third-order valence-corrected chi connectivity index (χ3v) is 7.02. The van der Waals surface area contributed by atoms with Gasteiger partial charge in [0.15, 0.2) is 0 Å². The van der Waals surface area contributed by atoms with Crippen molar-refractivity contribution in [3.8, 4) is 11.8 Å². The van der Waals surface area contributed by atoms with Gasteiger partial charge in [-0.05, 0) is 93.9 Å². The molecule has 1 atom stereocenters. The molecule has 1 aromatic heterocycles. The minimum atomic E-state index is -1.14. The van der Waals surface area contributed by atoms with E-state index in [1.807, 2.05) is 6.92 Å². The molecule has 1 saturated carbocycles. The van der Waals surface area contributed by atoms with Gasteiger partial charge in [0.2, 0.25) is 9.58 Å². The zero-order valence-corrected chi connectivity index (χ0v) is 15.9. The molecule has 3 nitrogen and oxygen atoms in total. The number of rotatable bonds is 4. The summed E-state index contributed by atoms with van der Waals surface area (Å²) in [4.78, 5) is 3.22. The molecule has 2 aliphatic rings. The molecule has 0 spiro atoms. The van der Waals surface area contributed by atoms with Crippen molar-refractivity contribution in [1.29, 1.82) is 0 Å². The number of nitrogens with one attached hydrogen (secondary N) is 1. The lowest BCUT2D eigenvalue weighted by Gasteiger charge is -2.30. The molecule has 4 heteroatoms. The van der Waals surface area contributed by atoms with Crippen LogP contribution in [0, 0.1) is 17.8 Å². The van der Waals surface area contributed by atoms with Crippen LogP contribution in [0.4, 0.5) is 5.69 Å². The number of likely N-dealkylation sites (tertiary alicyclic amines) is 1. The smallest absolute Gasteiger partial charge is 0.227 e. The second-order valence-electron chi connectivity index (χ2n) is 7.50. The van der Waals surface area contributed by atoms with Gasteiger partial charge < -0.3 is 14.8 Å². The van der Waals surface area contributed by atoms with Crippen molar-refractivity contribution in [3.05, 3.63) is 28.6 Å². The summed E-state index contributed by atoms with van der Waals surface area (Å²) in [7, 11) is 1.03. The van der Waals surface area contributed by atoms with Crippen molar-refractivity contribution in [1.82, 2.24) is 4.90 Å². The molecule has 0 amide bonds. The van der Waals surface area contributed by atoms with Crippen LogP contribution in [0.15, 0.2) is 18.2 Å². The first-order valence-corrected chi connectivity index (χ1v) is 10.5. The number of nitrogens with zero attached hydrogens (tertiary/aromatic N) is 1. The molecule has 1 N–H and O–H groups in total. The molecule has 4 rings (SSSR count). The Morgan fingerprint density at radius 1 is 1.24 bits per heavy atom. The fourth-order valence-electron chi connectivity index (χ4n) is 3.85. The van der Waals surface area contributed by atoms with Gasteiger partial charge in [0.25, 0.3) is 0 Å². The highest BCUT2D eigenvalue weighted by Gasteiger charge is 2.30. The quantitative estimate of drug-likeness (QED) is 0.653. The summed E-state index contributed by atoms with van der Waals surface area (Å²) in [5.74, 6) is 6.89. The molecule has 0 radical (unpaired) electrons. The Kier molecular flexibility index (Phi) is 4.73. The van der Waals surface area contributed by atoms with Gasteiger partial charge in [-0.1, -0.05) is 12.0 Å². The molecule has 2 aromatic rings. The van der Waals surface area contributed by atoms with Crippen LogP contribution in [0.2, 0.25) is 0 Å². The van der Waals surface area contributed by atoms with Crippen molar-refractivity contribution in [2.24, 2.45) is 5.92 Å². The molecule has 1 aliphatic heterocycles. The Balaban J connectivity index is 1.73. The van der Waals surface area contributed by atoms with E-state index in [2.05, 4.69) is 47.3 Å². The molecule has 2 heterocycles. The maximum Gasteiger partial charge on any atom is 0.227 e. The predicted octanol–water partition coefficient (Wildman–Crippen LogP) is 4.40. The van der Waals surface area contributed by atoms with Crippen LogP contribution in [0.3, 0.4) is 0 Å². The second-order valence-corrected chi connectivity index (χ2v) is 8.86. The van der Waals surface area contributed by atoms with Crippen LogP contribution < -0.4 is 5.32 Å². The Morgan fingerprint density at radius 3 is 2.68 bits per heavy atom. The van der Waals surface area contributed by atoms with Crippen LogP contribution in [-0.4, -0.2) is 35.6 Å². The maximum atomic E-state index is 13.2. The van der Waals surface area contributed by atoms with Gasteiger partial charge in [-0.2, -0.15) is 0 Å². The van der Waals surface area contributed by atoms with Gasteiger partial charge in [0.1, 0.15) is 0 Å². The SMILES string of the molecule is CC#Cc1c(CC2CC2)c2cccc(NC3CCN(C)CC3)c2[s+]1[O-]. The summed E-state index contributed by atoms with van der Waals surface area (Å²) in [6.45, 7) is 4.07.